The molecule has 2 N–H and O–H groups in total. The van der Waals surface area contributed by atoms with Gasteiger partial charge in [-0.05, 0) is 60.9 Å². The largest absolute Gasteiger partial charge is 0.354 e. The van der Waals surface area contributed by atoms with Crippen LogP contribution in [0.3, 0.4) is 0 Å². The van der Waals surface area contributed by atoms with Crippen LogP contribution in [-0.2, 0) is 6.54 Å². The first-order chi connectivity index (χ1) is 12.1. The Hall–Kier alpha value is -3.21. The average molecular weight is 332 g/mol. The van der Waals surface area contributed by atoms with Crippen LogP contribution in [0.15, 0.2) is 61.1 Å². The van der Waals surface area contributed by atoms with Gasteiger partial charge in [0.25, 0.3) is 5.91 Å². The Bertz CT molecular complexity index is 861. The molecule has 0 spiro atoms. The third-order valence-electron chi connectivity index (χ3n) is 3.87. The molecule has 0 aliphatic carbocycles. The van der Waals surface area contributed by atoms with E-state index in [0.29, 0.717) is 12.2 Å². The van der Waals surface area contributed by atoms with Crippen LogP contribution in [0.25, 0.3) is 0 Å². The SMILES string of the molecule is Cc1ccc(C)c(Nc2ccc(C(=O)NCc3ccncc3)nc2)c1. The maximum Gasteiger partial charge on any atom is 0.270 e. The van der Waals surface area contributed by atoms with Gasteiger partial charge in [-0.25, -0.2) is 4.98 Å². The van der Waals surface area contributed by atoms with Crippen molar-refractivity contribution >= 4 is 17.3 Å². The van der Waals surface area contributed by atoms with Gasteiger partial charge < -0.3 is 10.6 Å². The highest BCUT2D eigenvalue weighted by Crippen LogP contribution is 2.21. The molecule has 0 aliphatic heterocycles. The van der Waals surface area contributed by atoms with Crippen LogP contribution in [0.4, 0.5) is 11.4 Å². The second-order valence-corrected chi connectivity index (χ2v) is 5.91. The normalized spacial score (nSPS) is 10.3. The van der Waals surface area contributed by atoms with E-state index in [9.17, 15) is 4.79 Å². The number of pyridine rings is 2. The van der Waals surface area contributed by atoms with Gasteiger partial charge in [-0.1, -0.05) is 12.1 Å². The standard InChI is InChI=1S/C20H20N4O/c1-14-3-4-15(2)19(11-14)24-17-5-6-18(22-13-17)20(25)23-12-16-7-9-21-10-8-16/h3-11,13,24H,12H2,1-2H3,(H,23,25). The van der Waals surface area contributed by atoms with Gasteiger partial charge >= 0.3 is 0 Å². The van der Waals surface area contributed by atoms with Crippen LogP contribution in [-0.4, -0.2) is 15.9 Å². The molecule has 0 unspecified atom stereocenters. The Balaban J connectivity index is 1.63. The van der Waals surface area contributed by atoms with E-state index in [1.165, 1.54) is 5.56 Å². The molecule has 0 saturated heterocycles. The van der Waals surface area contributed by atoms with Crippen molar-refractivity contribution in [3.63, 3.8) is 0 Å². The van der Waals surface area contributed by atoms with E-state index < -0.39 is 0 Å². The van der Waals surface area contributed by atoms with Gasteiger partial charge in [-0.2, -0.15) is 0 Å². The predicted octanol–water partition coefficient (Wildman–Crippen LogP) is 3.77. The lowest BCUT2D eigenvalue weighted by molar-refractivity contribution is 0.0946. The Kier molecular flexibility index (Phi) is 5.04. The van der Waals surface area contributed by atoms with Crippen molar-refractivity contribution in [1.29, 1.82) is 0 Å². The summed E-state index contributed by atoms with van der Waals surface area (Å²) in [5.41, 5.74) is 5.62. The number of amides is 1. The molecule has 3 rings (SSSR count). The highest BCUT2D eigenvalue weighted by molar-refractivity contribution is 5.92. The van der Waals surface area contributed by atoms with Crippen molar-refractivity contribution in [2.24, 2.45) is 0 Å². The molecule has 1 aromatic carbocycles. The average Bonchev–Trinajstić information content (AvgIpc) is 2.64. The monoisotopic (exact) mass is 332 g/mol. The fourth-order valence-corrected chi connectivity index (χ4v) is 2.40. The summed E-state index contributed by atoms with van der Waals surface area (Å²) in [6.07, 6.45) is 5.07. The summed E-state index contributed by atoms with van der Waals surface area (Å²) in [7, 11) is 0. The Morgan fingerprint density at radius 3 is 2.56 bits per heavy atom. The fraction of sp³-hybridized carbons (Fsp3) is 0.150. The molecule has 0 radical (unpaired) electrons. The third-order valence-corrected chi connectivity index (χ3v) is 3.87. The molecule has 0 fully saturated rings. The number of rotatable bonds is 5. The maximum atomic E-state index is 12.2. The smallest absolute Gasteiger partial charge is 0.270 e. The number of aryl methyl sites for hydroxylation is 2. The first kappa shape index (κ1) is 16.6. The number of carbonyl (C=O) groups is 1. The van der Waals surface area contributed by atoms with Crippen molar-refractivity contribution in [3.05, 3.63) is 83.4 Å². The number of nitrogens with zero attached hydrogens (tertiary/aromatic N) is 2. The molecule has 0 aliphatic rings. The minimum absolute atomic E-state index is 0.199. The number of nitrogens with one attached hydrogen (secondary N) is 2. The molecule has 3 aromatic rings. The summed E-state index contributed by atoms with van der Waals surface area (Å²) in [4.78, 5) is 20.4. The summed E-state index contributed by atoms with van der Waals surface area (Å²) in [5, 5.41) is 6.19. The van der Waals surface area contributed by atoms with E-state index in [2.05, 4.69) is 52.6 Å². The minimum atomic E-state index is -0.199. The van der Waals surface area contributed by atoms with Crippen molar-refractivity contribution in [2.75, 3.05) is 5.32 Å². The predicted molar refractivity (Wildman–Crippen MR) is 98.8 cm³/mol. The van der Waals surface area contributed by atoms with E-state index in [-0.39, 0.29) is 5.91 Å². The molecule has 2 heterocycles. The van der Waals surface area contributed by atoms with Crippen molar-refractivity contribution in [2.45, 2.75) is 20.4 Å². The molecular weight excluding hydrogens is 312 g/mol. The Morgan fingerprint density at radius 2 is 1.84 bits per heavy atom. The lowest BCUT2D eigenvalue weighted by Gasteiger charge is -2.11. The quantitative estimate of drug-likeness (QED) is 0.746. The molecule has 0 atom stereocenters. The second kappa shape index (κ2) is 7.57. The molecule has 5 heteroatoms. The van der Waals surface area contributed by atoms with Crippen LogP contribution < -0.4 is 10.6 Å². The lowest BCUT2D eigenvalue weighted by atomic mass is 10.1. The fourth-order valence-electron chi connectivity index (χ4n) is 2.40. The van der Waals surface area contributed by atoms with Gasteiger partial charge in [0, 0.05) is 24.6 Å². The van der Waals surface area contributed by atoms with Crippen molar-refractivity contribution in [3.8, 4) is 0 Å². The van der Waals surface area contributed by atoms with Crippen LogP contribution in [0, 0.1) is 13.8 Å². The van der Waals surface area contributed by atoms with Gasteiger partial charge in [0.2, 0.25) is 0 Å². The summed E-state index contributed by atoms with van der Waals surface area (Å²) < 4.78 is 0. The number of aromatic nitrogens is 2. The molecule has 25 heavy (non-hydrogen) atoms. The van der Waals surface area contributed by atoms with Crippen molar-refractivity contribution in [1.82, 2.24) is 15.3 Å². The Morgan fingerprint density at radius 1 is 1.04 bits per heavy atom. The number of hydrogen-bond donors (Lipinski definition) is 2. The molecule has 0 bridgehead atoms. The van der Waals surface area contributed by atoms with Crippen molar-refractivity contribution < 1.29 is 4.79 Å². The van der Waals surface area contributed by atoms with E-state index in [4.69, 9.17) is 0 Å². The third kappa shape index (κ3) is 4.41. The van der Waals surface area contributed by atoms with Crippen LogP contribution in [0.1, 0.15) is 27.2 Å². The van der Waals surface area contributed by atoms with Crippen LogP contribution in [0.5, 0.6) is 0 Å². The van der Waals surface area contributed by atoms with Gasteiger partial charge in [-0.3, -0.25) is 9.78 Å². The first-order valence-corrected chi connectivity index (χ1v) is 8.09. The lowest BCUT2D eigenvalue weighted by Crippen LogP contribution is -2.23. The summed E-state index contributed by atoms with van der Waals surface area (Å²) in [6.45, 7) is 4.56. The number of benzene rings is 1. The number of anilines is 2. The Labute approximate surface area is 147 Å². The highest BCUT2D eigenvalue weighted by Gasteiger charge is 2.07. The summed E-state index contributed by atoms with van der Waals surface area (Å²) >= 11 is 0. The first-order valence-electron chi connectivity index (χ1n) is 8.09. The molecule has 5 nitrogen and oxygen atoms in total. The van der Waals surface area contributed by atoms with E-state index in [1.54, 1.807) is 24.7 Å². The zero-order chi connectivity index (χ0) is 17.6. The zero-order valence-corrected chi connectivity index (χ0v) is 14.3. The van der Waals surface area contributed by atoms with Gasteiger partial charge in [0.1, 0.15) is 5.69 Å². The second-order valence-electron chi connectivity index (χ2n) is 5.91. The maximum absolute atomic E-state index is 12.2. The highest BCUT2D eigenvalue weighted by atomic mass is 16.1. The van der Waals surface area contributed by atoms with E-state index in [0.717, 1.165) is 22.5 Å². The molecule has 1 amide bonds. The molecular formula is C20H20N4O. The zero-order valence-electron chi connectivity index (χ0n) is 14.3. The topological polar surface area (TPSA) is 66.9 Å². The summed E-state index contributed by atoms with van der Waals surface area (Å²) in [5.74, 6) is -0.199. The van der Waals surface area contributed by atoms with E-state index in [1.807, 2.05) is 18.2 Å². The summed E-state index contributed by atoms with van der Waals surface area (Å²) in [6, 6.07) is 13.5. The van der Waals surface area contributed by atoms with Gasteiger partial charge in [-0.15, -0.1) is 0 Å². The molecule has 126 valence electrons. The van der Waals surface area contributed by atoms with E-state index >= 15 is 0 Å². The number of carbonyl (C=O) groups excluding carboxylic acids is 1. The van der Waals surface area contributed by atoms with Gasteiger partial charge in [0.15, 0.2) is 0 Å². The minimum Gasteiger partial charge on any atom is -0.354 e. The van der Waals surface area contributed by atoms with Gasteiger partial charge in [0.05, 0.1) is 11.9 Å². The molecule has 0 saturated carbocycles. The van der Waals surface area contributed by atoms with Crippen LogP contribution in [0.2, 0.25) is 0 Å². The number of hydrogen-bond acceptors (Lipinski definition) is 4. The molecule has 2 aromatic heterocycles. The van der Waals surface area contributed by atoms with Crippen LogP contribution >= 0.6 is 0 Å².